The van der Waals surface area contributed by atoms with Crippen LogP contribution in [0.25, 0.3) is 6.08 Å². The van der Waals surface area contributed by atoms with Crippen molar-refractivity contribution in [1.82, 2.24) is 4.90 Å². The maximum Gasteiger partial charge on any atom is 0.266 e. The molecular weight excluding hydrogens is 322 g/mol. The number of carbonyl (C=O) groups excluding carboxylic acids is 2. The maximum absolute atomic E-state index is 12.4. The molecule has 1 heterocycles. The van der Waals surface area contributed by atoms with E-state index in [1.807, 2.05) is 0 Å². The predicted octanol–water partition coefficient (Wildman–Crippen LogP) is 1.42. The molecule has 1 fully saturated rings. The molecule has 0 bridgehead atoms. The Labute approximate surface area is 137 Å². The number of hydrogen-bond donors (Lipinski definition) is 0. The van der Waals surface area contributed by atoms with Crippen LogP contribution in [0.2, 0.25) is 0 Å². The van der Waals surface area contributed by atoms with E-state index in [1.54, 1.807) is 44.4 Å². The molecule has 1 aliphatic heterocycles. The zero-order valence-electron chi connectivity index (χ0n) is 12.1. The molecule has 0 N–H and O–H groups in total. The van der Waals surface area contributed by atoms with Gasteiger partial charge in [-0.15, -0.1) is 0 Å². The first kappa shape index (κ1) is 16.5. The average molecular weight is 336 g/mol. The Hall–Kier alpha value is -1.86. The van der Waals surface area contributed by atoms with Crippen LogP contribution in [0.1, 0.15) is 18.9 Å². The minimum absolute atomic E-state index is 0.237. The number of amides is 1. The van der Waals surface area contributed by atoms with Crippen molar-refractivity contribution in [1.29, 1.82) is 0 Å². The van der Waals surface area contributed by atoms with Gasteiger partial charge in [0, 0.05) is 0 Å². The largest absolute Gasteiger partial charge is 0.548 e. The topological polar surface area (TPSA) is 69.7 Å². The minimum Gasteiger partial charge on any atom is -0.548 e. The highest BCUT2D eigenvalue weighted by Crippen LogP contribution is 2.34. The van der Waals surface area contributed by atoms with Gasteiger partial charge in [0.25, 0.3) is 5.91 Å². The van der Waals surface area contributed by atoms with E-state index in [2.05, 4.69) is 0 Å². The van der Waals surface area contributed by atoms with Gasteiger partial charge in [0.2, 0.25) is 0 Å². The van der Waals surface area contributed by atoms with Crippen LogP contribution in [0, 0.1) is 0 Å². The smallest absolute Gasteiger partial charge is 0.266 e. The number of benzene rings is 1. The fourth-order valence-corrected chi connectivity index (χ4v) is 3.41. The lowest BCUT2D eigenvalue weighted by Gasteiger charge is -2.26. The van der Waals surface area contributed by atoms with E-state index in [0.29, 0.717) is 10.7 Å². The first-order valence-electron chi connectivity index (χ1n) is 6.60. The number of hydrogen-bond acceptors (Lipinski definition) is 6. The molecule has 22 heavy (non-hydrogen) atoms. The summed E-state index contributed by atoms with van der Waals surface area (Å²) in [5, 5.41) is 11.1. The molecule has 1 aromatic carbocycles. The highest BCUT2D eigenvalue weighted by atomic mass is 32.2. The van der Waals surface area contributed by atoms with Crippen LogP contribution in [0.15, 0.2) is 29.2 Å². The van der Waals surface area contributed by atoms with Crippen LogP contribution in [0.4, 0.5) is 0 Å². The maximum atomic E-state index is 12.4. The lowest BCUT2D eigenvalue weighted by atomic mass is 10.1. The number of ether oxygens (including phenoxy) is 1. The van der Waals surface area contributed by atoms with Crippen molar-refractivity contribution in [2.45, 2.75) is 19.4 Å². The van der Waals surface area contributed by atoms with Crippen molar-refractivity contribution in [3.05, 3.63) is 34.7 Å². The molecule has 7 heteroatoms. The summed E-state index contributed by atoms with van der Waals surface area (Å²) in [7, 11) is 1.57. The van der Waals surface area contributed by atoms with Gasteiger partial charge in [0.15, 0.2) is 0 Å². The SMILES string of the molecule is CC[C@@H](C(=O)[O-])N1C(=O)/C(=C/c2ccc(OC)cc2)SC1=S. The third kappa shape index (κ3) is 3.31. The van der Waals surface area contributed by atoms with E-state index in [-0.39, 0.29) is 10.7 Å². The first-order valence-corrected chi connectivity index (χ1v) is 7.82. The first-order chi connectivity index (χ1) is 10.5. The van der Waals surface area contributed by atoms with Crippen LogP contribution in [-0.2, 0) is 9.59 Å². The molecule has 116 valence electrons. The molecule has 1 aromatic rings. The number of methoxy groups -OCH3 is 1. The van der Waals surface area contributed by atoms with Crippen LogP contribution in [0.3, 0.4) is 0 Å². The van der Waals surface area contributed by atoms with E-state index in [4.69, 9.17) is 17.0 Å². The highest BCUT2D eigenvalue weighted by Gasteiger charge is 2.36. The van der Waals surface area contributed by atoms with Gasteiger partial charge in [-0.05, 0) is 30.2 Å². The summed E-state index contributed by atoms with van der Waals surface area (Å²) in [5.74, 6) is -0.987. The molecule has 0 unspecified atom stereocenters. The van der Waals surface area contributed by atoms with Crippen molar-refractivity contribution >= 4 is 46.3 Å². The Bertz CT molecular complexity index is 639. The zero-order chi connectivity index (χ0) is 16.3. The summed E-state index contributed by atoms with van der Waals surface area (Å²) in [6, 6.07) is 6.14. The number of thiocarbonyl (C=S) groups is 1. The Balaban J connectivity index is 2.26. The lowest BCUT2D eigenvalue weighted by molar-refractivity contribution is -0.310. The average Bonchev–Trinajstić information content (AvgIpc) is 2.76. The summed E-state index contributed by atoms with van der Waals surface area (Å²) in [5.41, 5.74) is 0.808. The number of thioether (sulfide) groups is 1. The number of carboxylic acid groups (broad SMARTS) is 1. The number of rotatable bonds is 5. The third-order valence-corrected chi connectivity index (χ3v) is 4.54. The summed E-state index contributed by atoms with van der Waals surface area (Å²) >= 11 is 6.22. The van der Waals surface area contributed by atoms with Crippen molar-refractivity contribution in [2.24, 2.45) is 0 Å². The molecular formula is C15H14NO4S2-. The molecule has 2 rings (SSSR count). The summed E-state index contributed by atoms with van der Waals surface area (Å²) in [6.45, 7) is 1.67. The molecule has 0 aliphatic carbocycles. The summed E-state index contributed by atoms with van der Waals surface area (Å²) in [6.07, 6.45) is 1.92. The monoisotopic (exact) mass is 336 g/mol. The summed E-state index contributed by atoms with van der Waals surface area (Å²) < 4.78 is 5.31. The highest BCUT2D eigenvalue weighted by molar-refractivity contribution is 8.26. The molecule has 1 atom stereocenters. The second kappa shape index (κ2) is 6.93. The minimum atomic E-state index is -1.30. The van der Waals surface area contributed by atoms with Crippen molar-refractivity contribution < 1.29 is 19.4 Å². The van der Waals surface area contributed by atoms with Crippen LogP contribution >= 0.6 is 24.0 Å². The van der Waals surface area contributed by atoms with Crippen molar-refractivity contribution in [2.75, 3.05) is 7.11 Å². The van der Waals surface area contributed by atoms with Gasteiger partial charge >= 0.3 is 0 Å². The van der Waals surface area contributed by atoms with Crippen molar-refractivity contribution in [3.63, 3.8) is 0 Å². The van der Waals surface area contributed by atoms with Crippen molar-refractivity contribution in [3.8, 4) is 5.75 Å². The second-order valence-electron chi connectivity index (χ2n) is 4.57. The number of carbonyl (C=O) groups is 2. The Kier molecular flexibility index (Phi) is 5.20. The molecule has 0 radical (unpaired) electrons. The molecule has 1 aliphatic rings. The van der Waals surface area contributed by atoms with E-state index in [0.717, 1.165) is 22.2 Å². The van der Waals surface area contributed by atoms with E-state index in [9.17, 15) is 14.7 Å². The predicted molar refractivity (Wildman–Crippen MR) is 87.1 cm³/mol. The number of aliphatic carboxylic acids is 1. The quantitative estimate of drug-likeness (QED) is 0.598. The normalized spacial score (nSPS) is 17.9. The molecule has 1 amide bonds. The standard InChI is InChI=1S/C15H15NO4S2/c1-3-11(14(18)19)16-13(17)12(22-15(16)21)8-9-4-6-10(20-2)7-5-9/h4-8,11H,3H2,1-2H3,(H,18,19)/p-1/b12-8-/t11-/m0/s1. The van der Waals surface area contributed by atoms with E-state index in [1.165, 1.54) is 0 Å². The molecule has 1 saturated heterocycles. The van der Waals surface area contributed by atoms with Gasteiger partial charge < -0.3 is 14.6 Å². The number of nitrogens with zero attached hydrogens (tertiary/aromatic N) is 1. The Morgan fingerprint density at radius 3 is 2.59 bits per heavy atom. The fraction of sp³-hybridized carbons (Fsp3) is 0.267. The second-order valence-corrected chi connectivity index (χ2v) is 6.24. The van der Waals surface area contributed by atoms with Gasteiger partial charge in [0.1, 0.15) is 10.1 Å². The number of carboxylic acids is 1. The zero-order valence-corrected chi connectivity index (χ0v) is 13.7. The molecule has 0 saturated carbocycles. The Morgan fingerprint density at radius 2 is 2.09 bits per heavy atom. The van der Waals surface area contributed by atoms with E-state index < -0.39 is 17.9 Å². The Morgan fingerprint density at radius 1 is 1.45 bits per heavy atom. The van der Waals surface area contributed by atoms with Gasteiger partial charge in [-0.25, -0.2) is 0 Å². The summed E-state index contributed by atoms with van der Waals surface area (Å²) in [4.78, 5) is 25.0. The lowest BCUT2D eigenvalue weighted by Crippen LogP contribution is -2.49. The van der Waals surface area contributed by atoms with Crippen LogP contribution < -0.4 is 9.84 Å². The molecule has 0 aromatic heterocycles. The van der Waals surface area contributed by atoms with Crippen LogP contribution in [0.5, 0.6) is 5.75 Å². The van der Waals surface area contributed by atoms with Gasteiger partial charge in [-0.3, -0.25) is 9.69 Å². The van der Waals surface area contributed by atoms with Gasteiger partial charge in [0.05, 0.1) is 24.0 Å². The van der Waals surface area contributed by atoms with Gasteiger partial charge in [-0.2, -0.15) is 0 Å². The van der Waals surface area contributed by atoms with Gasteiger partial charge in [-0.1, -0.05) is 43.0 Å². The molecule has 0 spiro atoms. The molecule has 5 nitrogen and oxygen atoms in total. The van der Waals surface area contributed by atoms with E-state index >= 15 is 0 Å². The third-order valence-electron chi connectivity index (χ3n) is 3.21. The fourth-order valence-electron chi connectivity index (χ4n) is 2.05. The van der Waals surface area contributed by atoms with Crippen LogP contribution in [-0.4, -0.2) is 34.2 Å².